The van der Waals surface area contributed by atoms with Crippen molar-refractivity contribution in [2.75, 3.05) is 36.0 Å². The van der Waals surface area contributed by atoms with Crippen molar-refractivity contribution in [3.8, 4) is 11.9 Å². The normalized spacial score (nSPS) is 14.2. The van der Waals surface area contributed by atoms with Gasteiger partial charge in [-0.2, -0.15) is 10.4 Å². The van der Waals surface area contributed by atoms with E-state index < -0.39 is 0 Å². The van der Waals surface area contributed by atoms with Crippen molar-refractivity contribution in [2.24, 2.45) is 0 Å². The molecule has 1 fully saturated rings. The van der Waals surface area contributed by atoms with Crippen molar-refractivity contribution in [3.63, 3.8) is 0 Å². The van der Waals surface area contributed by atoms with Crippen molar-refractivity contribution in [1.29, 1.82) is 5.26 Å². The topological polar surface area (TPSA) is 86.8 Å². The zero-order valence-electron chi connectivity index (χ0n) is 16.3. The zero-order valence-corrected chi connectivity index (χ0v) is 16.3. The van der Waals surface area contributed by atoms with E-state index >= 15 is 0 Å². The van der Waals surface area contributed by atoms with Gasteiger partial charge >= 0.3 is 0 Å². The van der Waals surface area contributed by atoms with Gasteiger partial charge in [0.05, 0.1) is 11.3 Å². The molecule has 0 aromatic carbocycles. The quantitative estimate of drug-likeness (QED) is 0.694. The van der Waals surface area contributed by atoms with E-state index in [1.165, 1.54) is 0 Å². The van der Waals surface area contributed by atoms with Crippen molar-refractivity contribution in [1.82, 2.24) is 24.7 Å². The summed E-state index contributed by atoms with van der Waals surface area (Å²) < 4.78 is 1.87. The average Bonchev–Trinajstić information content (AvgIpc) is 3.06. The predicted molar refractivity (Wildman–Crippen MR) is 107 cm³/mol. The number of nitriles is 1. The molecule has 1 saturated heterocycles. The van der Waals surface area contributed by atoms with Crippen LogP contribution >= 0.6 is 0 Å². The van der Waals surface area contributed by atoms with E-state index in [-0.39, 0.29) is 0 Å². The number of piperazine rings is 1. The molecule has 0 bridgehead atoms. The van der Waals surface area contributed by atoms with E-state index in [9.17, 15) is 0 Å². The Morgan fingerprint density at radius 2 is 1.57 bits per heavy atom. The van der Waals surface area contributed by atoms with Crippen molar-refractivity contribution in [3.05, 3.63) is 53.2 Å². The Balaban J connectivity index is 1.51. The summed E-state index contributed by atoms with van der Waals surface area (Å²) in [6.07, 6.45) is 1.62. The van der Waals surface area contributed by atoms with Gasteiger partial charge < -0.3 is 9.80 Å². The van der Waals surface area contributed by atoms with Crippen LogP contribution in [-0.4, -0.2) is 50.9 Å². The summed E-state index contributed by atoms with van der Waals surface area (Å²) in [4.78, 5) is 18.1. The number of aryl methyl sites for hydroxylation is 3. The molecule has 0 unspecified atom stereocenters. The van der Waals surface area contributed by atoms with Gasteiger partial charge in [0.2, 0.25) is 0 Å². The first-order chi connectivity index (χ1) is 13.5. The molecule has 3 aromatic rings. The van der Waals surface area contributed by atoms with Crippen LogP contribution in [0.2, 0.25) is 0 Å². The highest BCUT2D eigenvalue weighted by molar-refractivity contribution is 5.48. The first-order valence-electron chi connectivity index (χ1n) is 9.29. The lowest BCUT2D eigenvalue weighted by Gasteiger charge is -2.36. The molecule has 1 aliphatic rings. The maximum Gasteiger partial charge on any atom is 0.159 e. The third kappa shape index (κ3) is 3.51. The van der Waals surface area contributed by atoms with E-state index in [4.69, 9.17) is 5.26 Å². The van der Waals surface area contributed by atoms with Crippen LogP contribution in [0.3, 0.4) is 0 Å². The molecule has 4 rings (SSSR count). The summed E-state index contributed by atoms with van der Waals surface area (Å²) in [6.45, 7) is 9.29. The van der Waals surface area contributed by atoms with Gasteiger partial charge in [-0.25, -0.2) is 19.6 Å². The standard InChI is InChI=1S/C20H22N8/c1-14-10-15(2)28(25-14)20-11-19(23-16(3)24-20)27-8-6-26(7-9-27)18-5-4-17(12-21)13-22-18/h4-5,10-11,13H,6-9H2,1-3H3. The summed E-state index contributed by atoms with van der Waals surface area (Å²) in [6, 6.07) is 9.86. The third-order valence-electron chi connectivity index (χ3n) is 4.84. The van der Waals surface area contributed by atoms with Gasteiger partial charge in [0, 0.05) is 44.1 Å². The molecule has 4 heterocycles. The van der Waals surface area contributed by atoms with E-state index in [0.717, 1.165) is 60.8 Å². The largest absolute Gasteiger partial charge is 0.353 e. The summed E-state index contributed by atoms with van der Waals surface area (Å²) in [7, 11) is 0. The summed E-state index contributed by atoms with van der Waals surface area (Å²) in [5.74, 6) is 3.35. The highest BCUT2D eigenvalue weighted by atomic mass is 15.3. The highest BCUT2D eigenvalue weighted by Gasteiger charge is 2.20. The molecule has 0 amide bonds. The van der Waals surface area contributed by atoms with Crippen LogP contribution in [0, 0.1) is 32.1 Å². The van der Waals surface area contributed by atoms with Crippen LogP contribution in [0.25, 0.3) is 5.82 Å². The molecule has 0 aliphatic carbocycles. The lowest BCUT2D eigenvalue weighted by Crippen LogP contribution is -2.47. The average molecular weight is 374 g/mol. The Morgan fingerprint density at radius 1 is 0.893 bits per heavy atom. The molecule has 8 nitrogen and oxygen atoms in total. The van der Waals surface area contributed by atoms with Gasteiger partial charge in [-0.15, -0.1) is 0 Å². The fraction of sp³-hybridized carbons (Fsp3) is 0.350. The predicted octanol–water partition coefficient (Wildman–Crippen LogP) is 2.18. The van der Waals surface area contributed by atoms with Crippen LogP contribution in [0.4, 0.5) is 11.6 Å². The molecule has 8 heteroatoms. The fourth-order valence-electron chi connectivity index (χ4n) is 3.47. The lowest BCUT2D eigenvalue weighted by atomic mass is 10.2. The van der Waals surface area contributed by atoms with Gasteiger partial charge in [0.15, 0.2) is 5.82 Å². The molecule has 3 aromatic heterocycles. The van der Waals surface area contributed by atoms with Gasteiger partial charge in [0.1, 0.15) is 23.5 Å². The zero-order chi connectivity index (χ0) is 19.7. The van der Waals surface area contributed by atoms with Crippen LogP contribution in [0.5, 0.6) is 0 Å². The van der Waals surface area contributed by atoms with E-state index in [2.05, 4.69) is 35.9 Å². The Morgan fingerprint density at radius 3 is 2.14 bits per heavy atom. The smallest absolute Gasteiger partial charge is 0.159 e. The Kier molecular flexibility index (Phi) is 4.65. The third-order valence-corrected chi connectivity index (χ3v) is 4.84. The van der Waals surface area contributed by atoms with Crippen LogP contribution in [0.15, 0.2) is 30.5 Å². The highest BCUT2D eigenvalue weighted by Crippen LogP contribution is 2.20. The molecular formula is C20H22N8. The number of anilines is 2. The first kappa shape index (κ1) is 17.9. The summed E-state index contributed by atoms with van der Waals surface area (Å²) in [5.41, 5.74) is 2.60. The number of rotatable bonds is 3. The molecular weight excluding hydrogens is 352 g/mol. The molecule has 0 spiro atoms. The van der Waals surface area contributed by atoms with Crippen LogP contribution in [0.1, 0.15) is 22.8 Å². The number of pyridine rings is 1. The second-order valence-electron chi connectivity index (χ2n) is 6.96. The molecule has 0 atom stereocenters. The minimum Gasteiger partial charge on any atom is -0.353 e. The number of hydrogen-bond acceptors (Lipinski definition) is 7. The molecule has 0 N–H and O–H groups in total. The van der Waals surface area contributed by atoms with Crippen molar-refractivity contribution < 1.29 is 0 Å². The minimum atomic E-state index is 0.579. The Labute approximate surface area is 164 Å². The SMILES string of the molecule is Cc1cc(C)n(-c2cc(N3CCN(c4ccc(C#N)cn4)CC3)nc(C)n2)n1. The van der Waals surface area contributed by atoms with Crippen LogP contribution in [-0.2, 0) is 0 Å². The van der Waals surface area contributed by atoms with Crippen LogP contribution < -0.4 is 9.80 Å². The fourth-order valence-corrected chi connectivity index (χ4v) is 3.47. The number of aromatic nitrogens is 5. The number of nitrogens with zero attached hydrogens (tertiary/aromatic N) is 8. The van der Waals surface area contributed by atoms with Gasteiger partial charge in [-0.05, 0) is 39.0 Å². The van der Waals surface area contributed by atoms with Gasteiger partial charge in [0.25, 0.3) is 0 Å². The second kappa shape index (κ2) is 7.27. The summed E-state index contributed by atoms with van der Waals surface area (Å²) >= 11 is 0. The van der Waals surface area contributed by atoms with Gasteiger partial charge in [-0.1, -0.05) is 0 Å². The van der Waals surface area contributed by atoms with Crippen molar-refractivity contribution in [2.45, 2.75) is 20.8 Å². The summed E-state index contributed by atoms with van der Waals surface area (Å²) in [5, 5.41) is 13.5. The molecule has 0 saturated carbocycles. The second-order valence-corrected chi connectivity index (χ2v) is 6.96. The first-order valence-corrected chi connectivity index (χ1v) is 9.29. The molecule has 1 aliphatic heterocycles. The molecule has 28 heavy (non-hydrogen) atoms. The van der Waals surface area contributed by atoms with Crippen molar-refractivity contribution >= 4 is 11.6 Å². The van der Waals surface area contributed by atoms with E-state index in [1.54, 1.807) is 6.20 Å². The lowest BCUT2D eigenvalue weighted by molar-refractivity contribution is 0.638. The monoisotopic (exact) mass is 374 g/mol. The van der Waals surface area contributed by atoms with E-state index in [0.29, 0.717) is 5.56 Å². The maximum absolute atomic E-state index is 8.92. The van der Waals surface area contributed by atoms with E-state index in [1.807, 2.05) is 49.7 Å². The molecule has 142 valence electrons. The maximum atomic E-state index is 8.92. The van der Waals surface area contributed by atoms with Gasteiger partial charge in [-0.3, -0.25) is 0 Å². The molecule has 0 radical (unpaired) electrons. The number of hydrogen-bond donors (Lipinski definition) is 0. The Bertz CT molecular complexity index is 1020. The minimum absolute atomic E-state index is 0.579. The Hall–Kier alpha value is -3.47.